The fourth-order valence-electron chi connectivity index (χ4n) is 1.34. The van der Waals surface area contributed by atoms with Crippen molar-refractivity contribution in [1.82, 2.24) is 5.32 Å². The number of aryl methyl sites for hydroxylation is 1. The molecule has 0 aliphatic heterocycles. The lowest BCUT2D eigenvalue weighted by Gasteiger charge is -2.11. The topological polar surface area (TPSA) is 38.0 Å². The smallest absolute Gasteiger partial charge is 0.0421 e. The first-order chi connectivity index (χ1) is 6.27. The molecule has 72 valence electrons. The molecule has 0 spiro atoms. The maximum atomic E-state index is 5.93. The van der Waals surface area contributed by atoms with Crippen LogP contribution in [0.3, 0.4) is 0 Å². The van der Waals surface area contributed by atoms with Gasteiger partial charge in [-0.2, -0.15) is 0 Å². The van der Waals surface area contributed by atoms with Gasteiger partial charge in [-0.15, -0.1) is 0 Å². The van der Waals surface area contributed by atoms with Crippen molar-refractivity contribution in [3.05, 3.63) is 35.4 Å². The van der Waals surface area contributed by atoms with E-state index in [4.69, 9.17) is 5.73 Å². The number of likely N-dealkylation sites (N-methyl/N-ethyl adjacent to an activating group) is 1. The zero-order chi connectivity index (χ0) is 9.68. The molecule has 3 N–H and O–H groups in total. The second-order valence-electron chi connectivity index (χ2n) is 3.26. The SMILES string of the molecule is CCc1ccc(C(N)CNC)cc1. The summed E-state index contributed by atoms with van der Waals surface area (Å²) < 4.78 is 0. The maximum Gasteiger partial charge on any atom is 0.0421 e. The molecule has 0 aliphatic rings. The van der Waals surface area contributed by atoms with Gasteiger partial charge in [-0.1, -0.05) is 31.2 Å². The van der Waals surface area contributed by atoms with Crippen molar-refractivity contribution in [2.75, 3.05) is 13.6 Å². The van der Waals surface area contributed by atoms with Gasteiger partial charge in [0.1, 0.15) is 0 Å². The molecule has 0 amide bonds. The van der Waals surface area contributed by atoms with E-state index >= 15 is 0 Å². The van der Waals surface area contributed by atoms with E-state index in [0.717, 1.165) is 13.0 Å². The molecule has 0 radical (unpaired) electrons. The normalized spacial score (nSPS) is 12.8. The molecule has 0 aliphatic carbocycles. The third-order valence-corrected chi connectivity index (χ3v) is 2.24. The van der Waals surface area contributed by atoms with E-state index in [1.54, 1.807) is 0 Å². The molecule has 0 bridgehead atoms. The van der Waals surface area contributed by atoms with Crippen LogP contribution in [0.25, 0.3) is 0 Å². The van der Waals surface area contributed by atoms with E-state index in [1.807, 2.05) is 7.05 Å². The Bertz CT molecular complexity index is 241. The van der Waals surface area contributed by atoms with E-state index in [9.17, 15) is 0 Å². The molecule has 0 heterocycles. The van der Waals surface area contributed by atoms with Crippen LogP contribution in [0, 0.1) is 0 Å². The van der Waals surface area contributed by atoms with Gasteiger partial charge in [0.25, 0.3) is 0 Å². The summed E-state index contributed by atoms with van der Waals surface area (Å²) in [5, 5.41) is 3.07. The van der Waals surface area contributed by atoms with Gasteiger partial charge in [0.05, 0.1) is 0 Å². The van der Waals surface area contributed by atoms with Crippen LogP contribution < -0.4 is 11.1 Å². The van der Waals surface area contributed by atoms with E-state index < -0.39 is 0 Å². The average molecular weight is 178 g/mol. The van der Waals surface area contributed by atoms with Gasteiger partial charge in [-0.05, 0) is 24.6 Å². The molecule has 1 aromatic rings. The third-order valence-electron chi connectivity index (χ3n) is 2.24. The number of nitrogens with two attached hydrogens (primary N) is 1. The summed E-state index contributed by atoms with van der Waals surface area (Å²) >= 11 is 0. The molecule has 1 atom stereocenters. The van der Waals surface area contributed by atoms with Crippen LogP contribution in [0.4, 0.5) is 0 Å². The summed E-state index contributed by atoms with van der Waals surface area (Å²) in [6.45, 7) is 2.98. The van der Waals surface area contributed by atoms with E-state index in [-0.39, 0.29) is 6.04 Å². The predicted octanol–water partition coefficient (Wildman–Crippen LogP) is 1.47. The van der Waals surface area contributed by atoms with Gasteiger partial charge in [-0.25, -0.2) is 0 Å². The molecule has 1 aromatic carbocycles. The second kappa shape index (κ2) is 5.00. The highest BCUT2D eigenvalue weighted by Crippen LogP contribution is 2.11. The Balaban J connectivity index is 2.67. The van der Waals surface area contributed by atoms with Gasteiger partial charge in [0.2, 0.25) is 0 Å². The summed E-state index contributed by atoms with van der Waals surface area (Å²) in [5.74, 6) is 0. The number of benzene rings is 1. The van der Waals surface area contributed by atoms with Crippen molar-refractivity contribution < 1.29 is 0 Å². The Kier molecular flexibility index (Phi) is 3.93. The van der Waals surface area contributed by atoms with Crippen molar-refractivity contribution >= 4 is 0 Å². The number of hydrogen-bond donors (Lipinski definition) is 2. The summed E-state index contributed by atoms with van der Waals surface area (Å²) in [4.78, 5) is 0. The highest BCUT2D eigenvalue weighted by Gasteiger charge is 2.03. The van der Waals surface area contributed by atoms with Crippen LogP contribution >= 0.6 is 0 Å². The summed E-state index contributed by atoms with van der Waals surface area (Å²) in [6.07, 6.45) is 1.08. The molecule has 2 nitrogen and oxygen atoms in total. The lowest BCUT2D eigenvalue weighted by atomic mass is 10.0. The number of hydrogen-bond acceptors (Lipinski definition) is 2. The summed E-state index contributed by atoms with van der Waals surface area (Å²) in [6, 6.07) is 8.62. The van der Waals surface area contributed by atoms with Gasteiger partial charge in [-0.3, -0.25) is 0 Å². The maximum absolute atomic E-state index is 5.93. The molecule has 1 rings (SSSR count). The van der Waals surface area contributed by atoms with Crippen molar-refractivity contribution in [3.63, 3.8) is 0 Å². The minimum absolute atomic E-state index is 0.107. The van der Waals surface area contributed by atoms with Crippen LogP contribution in [0.5, 0.6) is 0 Å². The number of rotatable bonds is 4. The van der Waals surface area contributed by atoms with Crippen molar-refractivity contribution in [3.8, 4) is 0 Å². The Morgan fingerprint density at radius 2 is 1.92 bits per heavy atom. The van der Waals surface area contributed by atoms with Crippen molar-refractivity contribution in [1.29, 1.82) is 0 Å². The Labute approximate surface area is 80.1 Å². The third kappa shape index (κ3) is 2.83. The molecule has 1 unspecified atom stereocenters. The minimum Gasteiger partial charge on any atom is -0.323 e. The molecule has 13 heavy (non-hydrogen) atoms. The van der Waals surface area contributed by atoms with Crippen LogP contribution in [-0.4, -0.2) is 13.6 Å². The first-order valence-corrected chi connectivity index (χ1v) is 4.77. The van der Waals surface area contributed by atoms with E-state index in [2.05, 4.69) is 36.5 Å². The zero-order valence-corrected chi connectivity index (χ0v) is 8.38. The summed E-state index contributed by atoms with van der Waals surface area (Å²) in [5.41, 5.74) is 8.50. The second-order valence-corrected chi connectivity index (χ2v) is 3.26. The van der Waals surface area contributed by atoms with Crippen molar-refractivity contribution in [2.24, 2.45) is 5.73 Å². The van der Waals surface area contributed by atoms with Crippen LogP contribution in [0.1, 0.15) is 24.1 Å². The van der Waals surface area contributed by atoms with Crippen LogP contribution in [-0.2, 0) is 6.42 Å². The molecular weight excluding hydrogens is 160 g/mol. The Morgan fingerprint density at radius 1 is 1.31 bits per heavy atom. The van der Waals surface area contributed by atoms with E-state index in [1.165, 1.54) is 11.1 Å². The number of nitrogens with one attached hydrogen (secondary N) is 1. The molecule has 0 saturated heterocycles. The standard InChI is InChI=1S/C11H18N2/c1-3-9-4-6-10(7-5-9)11(12)8-13-2/h4-7,11,13H,3,8,12H2,1-2H3. The van der Waals surface area contributed by atoms with Gasteiger partial charge in [0.15, 0.2) is 0 Å². The summed E-state index contributed by atoms with van der Waals surface area (Å²) in [7, 11) is 1.92. The van der Waals surface area contributed by atoms with Gasteiger partial charge >= 0.3 is 0 Å². The lowest BCUT2D eigenvalue weighted by molar-refractivity contribution is 0.653. The zero-order valence-electron chi connectivity index (χ0n) is 8.38. The molecule has 0 saturated carbocycles. The average Bonchev–Trinajstić information content (AvgIpc) is 2.18. The van der Waals surface area contributed by atoms with Gasteiger partial charge in [0, 0.05) is 12.6 Å². The van der Waals surface area contributed by atoms with Crippen LogP contribution in [0.2, 0.25) is 0 Å². The molecule has 0 aromatic heterocycles. The molecular formula is C11H18N2. The minimum atomic E-state index is 0.107. The molecule has 2 heteroatoms. The van der Waals surface area contributed by atoms with Crippen LogP contribution in [0.15, 0.2) is 24.3 Å². The highest BCUT2D eigenvalue weighted by atomic mass is 14.9. The fraction of sp³-hybridized carbons (Fsp3) is 0.455. The Hall–Kier alpha value is -0.860. The highest BCUT2D eigenvalue weighted by molar-refractivity contribution is 5.24. The first-order valence-electron chi connectivity index (χ1n) is 4.77. The van der Waals surface area contributed by atoms with Gasteiger partial charge < -0.3 is 11.1 Å². The monoisotopic (exact) mass is 178 g/mol. The predicted molar refractivity (Wildman–Crippen MR) is 56.7 cm³/mol. The molecule has 0 fully saturated rings. The van der Waals surface area contributed by atoms with Crippen molar-refractivity contribution in [2.45, 2.75) is 19.4 Å². The largest absolute Gasteiger partial charge is 0.323 e. The first kappa shape index (κ1) is 10.2. The Morgan fingerprint density at radius 3 is 2.38 bits per heavy atom. The lowest BCUT2D eigenvalue weighted by Crippen LogP contribution is -2.23. The fourth-order valence-corrected chi connectivity index (χ4v) is 1.34. The quantitative estimate of drug-likeness (QED) is 0.732. The van der Waals surface area contributed by atoms with E-state index in [0.29, 0.717) is 0 Å².